The highest BCUT2D eigenvalue weighted by Crippen LogP contribution is 2.13. The zero-order valence-electron chi connectivity index (χ0n) is 12.2. The highest BCUT2D eigenvalue weighted by molar-refractivity contribution is 5.82. The van der Waals surface area contributed by atoms with E-state index in [1.807, 2.05) is 6.07 Å². The molecule has 0 aliphatic carbocycles. The molecule has 1 rings (SSSR count). The van der Waals surface area contributed by atoms with E-state index in [0.29, 0.717) is 5.75 Å². The Hall–Kier alpha value is -2.28. The molecule has 0 bridgehead atoms. The van der Waals surface area contributed by atoms with Gasteiger partial charge in [-0.2, -0.15) is 0 Å². The number of aliphatic carboxylic acids is 1. The second-order valence-corrected chi connectivity index (χ2v) is 4.71. The van der Waals surface area contributed by atoms with Gasteiger partial charge in [-0.05, 0) is 24.6 Å². The Bertz CT molecular complexity index is 504. The van der Waals surface area contributed by atoms with Crippen LogP contribution in [0.5, 0.6) is 5.75 Å². The fraction of sp³-hybridized carbons (Fsp3) is 0.429. The summed E-state index contributed by atoms with van der Waals surface area (Å²) in [6.45, 7) is 1.59. The number of aliphatic hydroxyl groups is 1. The van der Waals surface area contributed by atoms with Crippen molar-refractivity contribution in [3.63, 3.8) is 0 Å². The minimum Gasteiger partial charge on any atom is -0.497 e. The van der Waals surface area contributed by atoms with Gasteiger partial charge in [-0.25, -0.2) is 9.59 Å². The van der Waals surface area contributed by atoms with Crippen LogP contribution in [0.2, 0.25) is 0 Å². The molecule has 0 saturated carbocycles. The van der Waals surface area contributed by atoms with E-state index in [4.69, 9.17) is 9.84 Å². The van der Waals surface area contributed by atoms with Gasteiger partial charge >= 0.3 is 12.0 Å². The molecule has 0 radical (unpaired) electrons. The molecular weight excluding hydrogens is 276 g/mol. The zero-order chi connectivity index (χ0) is 16.0. The first-order chi connectivity index (χ1) is 9.85. The highest BCUT2D eigenvalue weighted by atomic mass is 16.5. The molecular formula is C14H20N2O5. The molecule has 1 aromatic rings. The summed E-state index contributed by atoms with van der Waals surface area (Å²) in [6.07, 6.45) is -1.18. The van der Waals surface area contributed by atoms with E-state index in [1.165, 1.54) is 18.9 Å². The number of ether oxygens (including phenoxy) is 1. The van der Waals surface area contributed by atoms with Crippen molar-refractivity contribution in [2.75, 3.05) is 14.2 Å². The maximum absolute atomic E-state index is 11.9. The Labute approximate surface area is 123 Å². The zero-order valence-corrected chi connectivity index (χ0v) is 12.2. The molecule has 2 amide bonds. The van der Waals surface area contributed by atoms with Gasteiger partial charge in [-0.1, -0.05) is 12.1 Å². The van der Waals surface area contributed by atoms with Crippen LogP contribution in [0.15, 0.2) is 24.3 Å². The Balaban J connectivity index is 2.67. The summed E-state index contributed by atoms with van der Waals surface area (Å²) in [5.41, 5.74) is 0.843. The van der Waals surface area contributed by atoms with Crippen LogP contribution in [-0.4, -0.2) is 53.4 Å². The molecule has 7 nitrogen and oxygen atoms in total. The van der Waals surface area contributed by atoms with Gasteiger partial charge in [0.15, 0.2) is 6.04 Å². The van der Waals surface area contributed by atoms with Crippen molar-refractivity contribution in [1.29, 1.82) is 0 Å². The van der Waals surface area contributed by atoms with E-state index < -0.39 is 24.1 Å². The molecule has 1 aromatic carbocycles. The highest BCUT2D eigenvalue weighted by Gasteiger charge is 2.26. The first-order valence-electron chi connectivity index (χ1n) is 6.40. The summed E-state index contributed by atoms with van der Waals surface area (Å²) >= 11 is 0. The van der Waals surface area contributed by atoms with Gasteiger partial charge in [-0.15, -0.1) is 0 Å². The van der Waals surface area contributed by atoms with Crippen LogP contribution in [0.1, 0.15) is 12.5 Å². The Morgan fingerprint density at radius 2 is 2.10 bits per heavy atom. The molecule has 0 aromatic heterocycles. The number of urea groups is 1. The Morgan fingerprint density at radius 1 is 1.43 bits per heavy atom. The van der Waals surface area contributed by atoms with E-state index in [1.54, 1.807) is 25.3 Å². The maximum Gasteiger partial charge on any atom is 0.328 e. The van der Waals surface area contributed by atoms with Crippen LogP contribution in [0.25, 0.3) is 0 Å². The number of hydrogen-bond acceptors (Lipinski definition) is 4. The lowest BCUT2D eigenvalue weighted by Gasteiger charge is -2.23. The molecule has 2 atom stereocenters. The van der Waals surface area contributed by atoms with Crippen molar-refractivity contribution < 1.29 is 24.5 Å². The number of carbonyl (C=O) groups is 2. The first-order valence-corrected chi connectivity index (χ1v) is 6.40. The summed E-state index contributed by atoms with van der Waals surface area (Å²) < 4.78 is 5.09. The third-order valence-electron chi connectivity index (χ3n) is 2.93. The van der Waals surface area contributed by atoms with E-state index in [0.717, 1.165) is 5.56 Å². The van der Waals surface area contributed by atoms with E-state index >= 15 is 0 Å². The first kappa shape index (κ1) is 16.8. The molecule has 0 unspecified atom stereocenters. The minimum atomic E-state index is -1.34. The van der Waals surface area contributed by atoms with Crippen molar-refractivity contribution in [2.24, 2.45) is 0 Å². The molecule has 0 aliphatic heterocycles. The average Bonchev–Trinajstić information content (AvgIpc) is 2.43. The number of benzene rings is 1. The van der Waals surface area contributed by atoms with Crippen LogP contribution < -0.4 is 10.1 Å². The molecule has 0 aliphatic rings. The molecule has 116 valence electrons. The third kappa shape index (κ3) is 4.96. The van der Waals surface area contributed by atoms with Crippen LogP contribution in [0.3, 0.4) is 0 Å². The van der Waals surface area contributed by atoms with Crippen molar-refractivity contribution >= 4 is 12.0 Å². The third-order valence-corrected chi connectivity index (χ3v) is 2.93. The minimum absolute atomic E-state index is 0.287. The van der Waals surface area contributed by atoms with Crippen LogP contribution in [-0.2, 0) is 11.3 Å². The molecule has 7 heteroatoms. The number of nitrogens with one attached hydrogen (secondary N) is 1. The molecule has 0 fully saturated rings. The molecule has 21 heavy (non-hydrogen) atoms. The summed E-state index contributed by atoms with van der Waals surface area (Å²) in [7, 11) is 3.09. The second kappa shape index (κ2) is 7.49. The van der Waals surface area contributed by atoms with Gasteiger partial charge in [0.1, 0.15) is 5.75 Å². The van der Waals surface area contributed by atoms with Gasteiger partial charge < -0.3 is 25.2 Å². The maximum atomic E-state index is 11.9. The van der Waals surface area contributed by atoms with Gasteiger partial charge in [0.25, 0.3) is 0 Å². The lowest BCUT2D eigenvalue weighted by Crippen LogP contribution is -2.51. The number of rotatable bonds is 6. The Morgan fingerprint density at radius 3 is 2.62 bits per heavy atom. The number of methoxy groups -OCH3 is 1. The fourth-order valence-corrected chi connectivity index (χ4v) is 1.75. The summed E-state index contributed by atoms with van der Waals surface area (Å²) in [5.74, 6) is -0.609. The fourth-order valence-electron chi connectivity index (χ4n) is 1.75. The number of amides is 2. The number of carbonyl (C=O) groups excluding carboxylic acids is 1. The van der Waals surface area contributed by atoms with E-state index in [9.17, 15) is 14.7 Å². The van der Waals surface area contributed by atoms with Crippen LogP contribution in [0.4, 0.5) is 4.79 Å². The topological polar surface area (TPSA) is 99.1 Å². The summed E-state index contributed by atoms with van der Waals surface area (Å²) in [6, 6.07) is 5.28. The number of carboxylic acid groups (broad SMARTS) is 1. The van der Waals surface area contributed by atoms with Crippen molar-refractivity contribution in [2.45, 2.75) is 25.6 Å². The molecule has 0 spiro atoms. The van der Waals surface area contributed by atoms with Gasteiger partial charge in [-0.3, -0.25) is 0 Å². The SMILES string of the molecule is COc1cccc(CN(C)C(=O)N[C@H](C(=O)O)[C@@H](C)O)c1. The largest absolute Gasteiger partial charge is 0.497 e. The quantitative estimate of drug-likeness (QED) is 0.716. The average molecular weight is 296 g/mol. The van der Waals surface area contributed by atoms with Crippen LogP contribution in [0, 0.1) is 0 Å². The van der Waals surface area contributed by atoms with Crippen molar-refractivity contribution in [3.8, 4) is 5.75 Å². The number of hydrogen-bond donors (Lipinski definition) is 3. The number of nitrogens with zero attached hydrogens (tertiary/aromatic N) is 1. The standard InChI is InChI=1S/C14H20N2O5/c1-9(17)12(13(18)19)15-14(20)16(2)8-10-5-4-6-11(7-10)21-3/h4-7,9,12,17H,8H2,1-3H3,(H,15,20)(H,18,19)/t9-,12+/m1/s1. The number of carboxylic acids is 1. The van der Waals surface area contributed by atoms with Gasteiger partial charge in [0.05, 0.1) is 13.2 Å². The lowest BCUT2D eigenvalue weighted by atomic mass is 10.2. The predicted molar refractivity (Wildman–Crippen MR) is 76.1 cm³/mol. The Kier molecular flexibility index (Phi) is 5.98. The van der Waals surface area contributed by atoms with Gasteiger partial charge in [0, 0.05) is 13.6 Å². The normalized spacial score (nSPS) is 13.1. The molecule has 0 heterocycles. The molecule has 3 N–H and O–H groups in total. The molecule has 0 saturated heterocycles. The van der Waals surface area contributed by atoms with Gasteiger partial charge in [0.2, 0.25) is 0 Å². The van der Waals surface area contributed by atoms with E-state index in [2.05, 4.69) is 5.32 Å². The predicted octanol–water partition coefficient (Wildman–Crippen LogP) is 0.671. The number of aliphatic hydroxyl groups excluding tert-OH is 1. The lowest BCUT2D eigenvalue weighted by molar-refractivity contribution is -0.141. The van der Waals surface area contributed by atoms with Crippen molar-refractivity contribution in [3.05, 3.63) is 29.8 Å². The summed E-state index contributed by atoms with van der Waals surface area (Å²) in [5, 5.41) is 20.5. The summed E-state index contributed by atoms with van der Waals surface area (Å²) in [4.78, 5) is 24.2. The monoisotopic (exact) mass is 296 g/mol. The smallest absolute Gasteiger partial charge is 0.328 e. The van der Waals surface area contributed by atoms with Crippen molar-refractivity contribution in [1.82, 2.24) is 10.2 Å². The van der Waals surface area contributed by atoms with Crippen LogP contribution >= 0.6 is 0 Å². The van der Waals surface area contributed by atoms with E-state index in [-0.39, 0.29) is 6.54 Å². The second-order valence-electron chi connectivity index (χ2n) is 4.71.